The number of hydrogen-bond donors (Lipinski definition) is 2. The summed E-state index contributed by atoms with van der Waals surface area (Å²) in [4.78, 5) is 27.3. The Bertz CT molecular complexity index is 1270. The number of rotatable bonds is 7. The average Bonchev–Trinajstić information content (AvgIpc) is 3.42. The van der Waals surface area contributed by atoms with Gasteiger partial charge in [-0.15, -0.1) is 11.3 Å². The van der Waals surface area contributed by atoms with Gasteiger partial charge < -0.3 is 11.4 Å². The van der Waals surface area contributed by atoms with Crippen molar-refractivity contribution in [3.05, 3.63) is 57.4 Å². The Morgan fingerprint density at radius 2 is 1.72 bits per heavy atom. The van der Waals surface area contributed by atoms with Crippen molar-refractivity contribution in [2.75, 3.05) is 13.1 Å². The van der Waals surface area contributed by atoms with Crippen LogP contribution in [0.15, 0.2) is 41.5 Å². The van der Waals surface area contributed by atoms with Crippen LogP contribution in [0, 0.1) is 0 Å². The minimum atomic E-state index is -4.47. The summed E-state index contributed by atoms with van der Waals surface area (Å²) < 4.78 is 39.8. The molecule has 0 aliphatic rings. The fraction of sp³-hybridized carbons (Fsp3) is 0.304. The number of carbonyl (C=O) groups excluding carboxylic acids is 2. The zero-order valence-corrected chi connectivity index (χ0v) is 24.4. The van der Waals surface area contributed by atoms with Gasteiger partial charge in [-0.05, 0) is 45.0 Å². The Hall–Kier alpha value is -2.03. The van der Waals surface area contributed by atoms with E-state index in [9.17, 15) is 27.9 Å². The van der Waals surface area contributed by atoms with Crippen molar-refractivity contribution in [3.8, 4) is 17.0 Å². The van der Waals surface area contributed by atoms with Gasteiger partial charge in [0.05, 0.1) is 21.0 Å². The number of thiophene rings is 1. The van der Waals surface area contributed by atoms with Crippen molar-refractivity contribution in [2.24, 2.45) is 12.1 Å². The van der Waals surface area contributed by atoms with Gasteiger partial charge in [0.15, 0.2) is 11.4 Å². The Kier molecular flexibility index (Phi) is 10.5. The van der Waals surface area contributed by atoms with Gasteiger partial charge >= 0.3 is 57.6 Å². The third-order valence-electron chi connectivity index (χ3n) is 5.27. The summed E-state index contributed by atoms with van der Waals surface area (Å²) in [5.41, 5.74) is 2.34. The molecule has 36 heavy (non-hydrogen) atoms. The Balaban J connectivity index is 0.00000342. The number of aromatic nitrogens is 2. The van der Waals surface area contributed by atoms with Crippen LogP contribution in [0.5, 0.6) is 5.75 Å². The molecular weight excluding hydrogens is 522 g/mol. The topological polar surface area (TPSA) is 99.8 Å². The van der Waals surface area contributed by atoms with Crippen LogP contribution in [0.1, 0.15) is 52.8 Å². The number of halogens is 3. The van der Waals surface area contributed by atoms with Crippen LogP contribution in [0.4, 0.5) is 13.2 Å². The SMILES string of the molecule is CCN(CC)C(=O)c1ccc(C(=O)N/N=C(/C)c2nn(C)c(-c3ccc(C(F)(F)F)cc3)c2O)s1.[H-].[K+]. The smallest absolute Gasteiger partial charge is 1.00 e. The van der Waals surface area contributed by atoms with Gasteiger partial charge in [0.1, 0.15) is 5.69 Å². The zero-order valence-electron chi connectivity index (χ0n) is 21.5. The molecule has 0 aliphatic heterocycles. The summed E-state index contributed by atoms with van der Waals surface area (Å²) >= 11 is 1.04. The summed E-state index contributed by atoms with van der Waals surface area (Å²) in [7, 11) is 1.53. The molecule has 0 fully saturated rings. The number of aromatic hydroxyl groups is 1. The van der Waals surface area contributed by atoms with Crippen LogP contribution in [0.25, 0.3) is 11.3 Å². The first-order valence-electron chi connectivity index (χ1n) is 10.7. The summed E-state index contributed by atoms with van der Waals surface area (Å²) in [6.45, 7) is 6.37. The van der Waals surface area contributed by atoms with E-state index in [0.29, 0.717) is 23.5 Å². The molecule has 2 heterocycles. The largest absolute Gasteiger partial charge is 1.00 e. The molecule has 0 radical (unpaired) electrons. The zero-order chi connectivity index (χ0) is 25.9. The molecule has 2 N–H and O–H groups in total. The maximum Gasteiger partial charge on any atom is 1.00 e. The average molecular weight is 548 g/mol. The molecule has 0 saturated heterocycles. The molecule has 3 rings (SSSR count). The quantitative estimate of drug-likeness (QED) is 0.267. The Labute approximate surface area is 254 Å². The van der Waals surface area contributed by atoms with Gasteiger partial charge in [0, 0.05) is 25.7 Å². The first kappa shape index (κ1) is 30.2. The maximum absolute atomic E-state index is 12.8. The fourth-order valence-corrected chi connectivity index (χ4v) is 4.25. The third kappa shape index (κ3) is 6.64. The van der Waals surface area contributed by atoms with Gasteiger partial charge in [-0.25, -0.2) is 5.43 Å². The van der Waals surface area contributed by atoms with Gasteiger partial charge in [0.2, 0.25) is 0 Å². The molecule has 13 heteroatoms. The van der Waals surface area contributed by atoms with Gasteiger partial charge in [-0.3, -0.25) is 14.3 Å². The van der Waals surface area contributed by atoms with Gasteiger partial charge in [-0.1, -0.05) is 12.1 Å². The van der Waals surface area contributed by atoms with Gasteiger partial charge in [-0.2, -0.15) is 23.4 Å². The number of nitrogens with one attached hydrogen (secondary N) is 1. The molecule has 188 valence electrons. The molecular formula is C23H25F3KN5O3S. The third-order valence-corrected chi connectivity index (χ3v) is 6.34. The second-order valence-corrected chi connectivity index (χ2v) is 8.61. The van der Waals surface area contributed by atoms with Crippen molar-refractivity contribution in [1.82, 2.24) is 20.1 Å². The van der Waals surface area contributed by atoms with Crippen molar-refractivity contribution in [3.63, 3.8) is 0 Å². The maximum atomic E-state index is 12.8. The molecule has 2 aromatic heterocycles. The predicted octanol–water partition coefficient (Wildman–Crippen LogP) is 1.63. The van der Waals surface area contributed by atoms with E-state index in [2.05, 4.69) is 15.6 Å². The minimum Gasteiger partial charge on any atom is -1.00 e. The van der Waals surface area contributed by atoms with E-state index in [-0.39, 0.29) is 86.4 Å². The van der Waals surface area contributed by atoms with E-state index in [4.69, 9.17) is 0 Å². The normalized spacial score (nSPS) is 11.7. The second-order valence-electron chi connectivity index (χ2n) is 7.52. The fourth-order valence-electron chi connectivity index (χ4n) is 3.38. The van der Waals surface area contributed by atoms with E-state index in [1.165, 1.54) is 36.9 Å². The number of amides is 2. The van der Waals surface area contributed by atoms with Crippen molar-refractivity contribution in [2.45, 2.75) is 26.9 Å². The van der Waals surface area contributed by atoms with Crippen LogP contribution < -0.4 is 56.8 Å². The van der Waals surface area contributed by atoms with Crippen LogP contribution in [-0.2, 0) is 13.2 Å². The van der Waals surface area contributed by atoms with E-state index in [1.54, 1.807) is 11.0 Å². The molecule has 0 atom stereocenters. The number of nitrogens with zero attached hydrogens (tertiary/aromatic N) is 4. The molecule has 0 aliphatic carbocycles. The number of benzene rings is 1. The number of hydrazone groups is 1. The van der Waals surface area contributed by atoms with Crippen LogP contribution >= 0.6 is 11.3 Å². The standard InChI is InChI=1S/C23H24F3N5O3S.K.H/c1-5-31(6-2)22(34)17-12-11-16(35-17)21(33)28-27-13(3)18-20(32)19(30(4)29-18)14-7-9-15(10-8-14)23(24,25)26;;/h7-12,32H,5-6H2,1-4H3,(H,28,33);;/q;+1;-1/b27-13-;;. The molecule has 0 unspecified atom stereocenters. The van der Waals surface area contributed by atoms with Crippen LogP contribution in [0.3, 0.4) is 0 Å². The van der Waals surface area contributed by atoms with Crippen molar-refractivity contribution < 1.29 is 80.7 Å². The molecule has 8 nitrogen and oxygen atoms in total. The Morgan fingerprint density at radius 3 is 2.28 bits per heavy atom. The molecule has 2 amide bonds. The first-order valence-corrected chi connectivity index (χ1v) is 11.5. The van der Waals surface area contributed by atoms with E-state index >= 15 is 0 Å². The molecule has 1 aromatic carbocycles. The second kappa shape index (κ2) is 12.5. The van der Waals surface area contributed by atoms with Crippen LogP contribution in [-0.4, -0.2) is 50.4 Å². The molecule has 0 bridgehead atoms. The number of aryl methyl sites for hydroxylation is 1. The van der Waals surface area contributed by atoms with E-state index in [1.807, 2.05) is 13.8 Å². The summed E-state index contributed by atoms with van der Waals surface area (Å²) in [6, 6.07) is 7.43. The summed E-state index contributed by atoms with van der Waals surface area (Å²) in [5.74, 6) is -0.981. The van der Waals surface area contributed by atoms with Crippen LogP contribution in [0.2, 0.25) is 0 Å². The van der Waals surface area contributed by atoms with Crippen molar-refractivity contribution in [1.29, 1.82) is 0 Å². The number of hydrogen-bond acceptors (Lipinski definition) is 6. The summed E-state index contributed by atoms with van der Waals surface area (Å²) in [6.07, 6.45) is -4.47. The summed E-state index contributed by atoms with van der Waals surface area (Å²) in [5, 5.41) is 18.8. The molecule has 3 aromatic rings. The van der Waals surface area contributed by atoms with Gasteiger partial charge in [0.25, 0.3) is 11.8 Å². The first-order chi connectivity index (χ1) is 16.5. The molecule has 0 saturated carbocycles. The monoisotopic (exact) mass is 547 g/mol. The number of carbonyl (C=O) groups is 2. The Morgan fingerprint density at radius 1 is 1.14 bits per heavy atom. The number of alkyl halides is 3. The minimum absolute atomic E-state index is 0. The van der Waals surface area contributed by atoms with E-state index < -0.39 is 17.6 Å². The predicted molar refractivity (Wildman–Crippen MR) is 128 cm³/mol. The van der Waals surface area contributed by atoms with E-state index in [0.717, 1.165) is 23.5 Å². The molecule has 0 spiro atoms. The van der Waals surface area contributed by atoms with Crippen molar-refractivity contribution >= 4 is 28.9 Å².